The summed E-state index contributed by atoms with van der Waals surface area (Å²) in [6.07, 6.45) is 1.89. The first kappa shape index (κ1) is 22.2. The van der Waals surface area contributed by atoms with E-state index >= 15 is 0 Å². The topological polar surface area (TPSA) is 64.4 Å². The van der Waals surface area contributed by atoms with Crippen LogP contribution in [0.25, 0.3) is 5.76 Å². The molecule has 5 rings (SSSR count). The molecule has 1 atom stereocenters. The first-order valence-electron chi connectivity index (χ1n) is 11.4. The standard InChI is InChI=1S/C29H25ClN2O2/c1-18-10-12-20(13-11-18)28(34)27-25(19-14-16-21(30)17-15-19)26-23(8-5-9-24(26)33)32(29(27)31)22-6-3-2-4-7-22/h2-4,6-7,10-17,25,31,34H,5,8-9H2,1H3/b28-27+,31-29?/t25-/m1/s1. The van der Waals surface area contributed by atoms with Crippen molar-refractivity contribution >= 4 is 34.7 Å². The van der Waals surface area contributed by atoms with Gasteiger partial charge in [0.1, 0.15) is 11.6 Å². The lowest BCUT2D eigenvalue weighted by Gasteiger charge is -2.41. The maximum atomic E-state index is 13.4. The molecule has 0 aromatic heterocycles. The van der Waals surface area contributed by atoms with E-state index in [0.717, 1.165) is 28.9 Å². The zero-order valence-corrected chi connectivity index (χ0v) is 19.6. The predicted molar refractivity (Wildman–Crippen MR) is 137 cm³/mol. The number of aliphatic hydroxyl groups is 1. The van der Waals surface area contributed by atoms with Gasteiger partial charge in [0.25, 0.3) is 0 Å². The van der Waals surface area contributed by atoms with Gasteiger partial charge in [0.15, 0.2) is 5.78 Å². The number of carbonyl (C=O) groups is 1. The number of halogens is 1. The zero-order valence-electron chi connectivity index (χ0n) is 18.9. The molecule has 5 heteroatoms. The highest BCUT2D eigenvalue weighted by molar-refractivity contribution is 6.30. The van der Waals surface area contributed by atoms with Crippen LogP contribution in [0.3, 0.4) is 0 Å². The SMILES string of the molecule is Cc1ccc(/C(O)=C2\C(=N)N(c3ccccc3)C3=C(C(=O)CCC3)[C@H]2c2ccc(Cl)cc2)cc1. The van der Waals surface area contributed by atoms with Crippen LogP contribution >= 0.6 is 11.6 Å². The summed E-state index contributed by atoms with van der Waals surface area (Å²) >= 11 is 6.17. The number of nitrogens with one attached hydrogen (secondary N) is 1. The van der Waals surface area contributed by atoms with Crippen molar-refractivity contribution in [2.75, 3.05) is 4.90 Å². The number of aliphatic hydroxyl groups excluding tert-OH is 1. The molecule has 0 fully saturated rings. The molecule has 2 aliphatic rings. The highest BCUT2D eigenvalue weighted by Crippen LogP contribution is 2.47. The van der Waals surface area contributed by atoms with Gasteiger partial charge < -0.3 is 5.11 Å². The van der Waals surface area contributed by atoms with Crippen LogP contribution < -0.4 is 4.90 Å². The monoisotopic (exact) mass is 468 g/mol. The summed E-state index contributed by atoms with van der Waals surface area (Å²) < 4.78 is 0. The van der Waals surface area contributed by atoms with Crippen molar-refractivity contribution in [2.45, 2.75) is 32.1 Å². The van der Waals surface area contributed by atoms with Crippen molar-refractivity contribution in [1.29, 1.82) is 5.41 Å². The van der Waals surface area contributed by atoms with Crippen LogP contribution in [0, 0.1) is 12.3 Å². The second-order valence-electron chi connectivity index (χ2n) is 8.77. The summed E-state index contributed by atoms with van der Waals surface area (Å²) in [6.45, 7) is 1.99. The lowest BCUT2D eigenvalue weighted by atomic mass is 9.73. The molecule has 3 aromatic rings. The number of amidine groups is 1. The molecule has 0 amide bonds. The fraction of sp³-hybridized carbons (Fsp3) is 0.172. The Kier molecular flexibility index (Phi) is 5.84. The highest BCUT2D eigenvalue weighted by atomic mass is 35.5. The lowest BCUT2D eigenvalue weighted by Crippen LogP contribution is -2.42. The number of rotatable bonds is 3. The summed E-state index contributed by atoms with van der Waals surface area (Å²) in [4.78, 5) is 15.3. The Balaban J connectivity index is 1.82. The number of ketones is 1. The van der Waals surface area contributed by atoms with E-state index < -0.39 is 5.92 Å². The van der Waals surface area contributed by atoms with E-state index in [2.05, 4.69) is 0 Å². The van der Waals surface area contributed by atoms with Crippen LogP contribution in [0.1, 0.15) is 41.9 Å². The average Bonchev–Trinajstić information content (AvgIpc) is 2.85. The molecule has 0 radical (unpaired) electrons. The number of benzene rings is 3. The smallest absolute Gasteiger partial charge is 0.161 e. The van der Waals surface area contributed by atoms with E-state index in [4.69, 9.17) is 11.6 Å². The number of allylic oxidation sites excluding steroid dienone is 2. The highest BCUT2D eigenvalue weighted by Gasteiger charge is 2.43. The van der Waals surface area contributed by atoms with E-state index in [1.165, 1.54) is 0 Å². The molecule has 0 bridgehead atoms. The van der Waals surface area contributed by atoms with Crippen molar-refractivity contribution < 1.29 is 9.90 Å². The molecule has 2 N–H and O–H groups in total. The van der Waals surface area contributed by atoms with Crippen LogP contribution in [-0.4, -0.2) is 16.7 Å². The minimum Gasteiger partial charge on any atom is -0.507 e. The normalized spacial score (nSPS) is 19.8. The number of carbonyl (C=O) groups excluding carboxylic acids is 1. The van der Waals surface area contributed by atoms with Gasteiger partial charge in [-0.1, -0.05) is 71.8 Å². The molecule has 170 valence electrons. The Morgan fingerprint density at radius 2 is 1.65 bits per heavy atom. The summed E-state index contributed by atoms with van der Waals surface area (Å²) in [7, 11) is 0. The number of aryl methyl sites for hydroxylation is 1. The Labute approximate surface area is 204 Å². The third-order valence-electron chi connectivity index (χ3n) is 6.55. The third kappa shape index (κ3) is 3.84. The summed E-state index contributed by atoms with van der Waals surface area (Å²) in [6, 6.07) is 24.5. The van der Waals surface area contributed by atoms with Gasteiger partial charge in [-0.05, 0) is 49.6 Å². The molecule has 0 saturated carbocycles. The van der Waals surface area contributed by atoms with E-state index in [-0.39, 0.29) is 17.4 Å². The maximum absolute atomic E-state index is 13.4. The first-order valence-corrected chi connectivity index (χ1v) is 11.8. The fourth-order valence-electron chi connectivity index (χ4n) is 4.91. The molecule has 34 heavy (non-hydrogen) atoms. The Hall–Kier alpha value is -3.63. The minimum atomic E-state index is -0.547. The van der Waals surface area contributed by atoms with Gasteiger partial charge >= 0.3 is 0 Å². The van der Waals surface area contributed by atoms with Crippen molar-refractivity contribution in [3.05, 3.63) is 117 Å². The molecule has 1 heterocycles. The molecule has 0 spiro atoms. The Bertz CT molecular complexity index is 1320. The van der Waals surface area contributed by atoms with Gasteiger partial charge in [0.2, 0.25) is 0 Å². The molecule has 1 aliphatic heterocycles. The number of hydrogen-bond acceptors (Lipinski definition) is 3. The molecule has 1 aliphatic carbocycles. The van der Waals surface area contributed by atoms with Crippen LogP contribution in [0.2, 0.25) is 5.02 Å². The van der Waals surface area contributed by atoms with Gasteiger partial charge in [-0.25, -0.2) is 0 Å². The van der Waals surface area contributed by atoms with Crippen LogP contribution in [0.5, 0.6) is 0 Å². The molecule has 0 unspecified atom stereocenters. The molecular weight excluding hydrogens is 444 g/mol. The lowest BCUT2D eigenvalue weighted by molar-refractivity contribution is -0.116. The Morgan fingerprint density at radius 3 is 2.32 bits per heavy atom. The largest absolute Gasteiger partial charge is 0.507 e. The number of para-hydroxylation sites is 1. The van der Waals surface area contributed by atoms with Gasteiger partial charge in [-0.15, -0.1) is 0 Å². The Morgan fingerprint density at radius 1 is 0.971 bits per heavy atom. The fourth-order valence-corrected chi connectivity index (χ4v) is 5.04. The van der Waals surface area contributed by atoms with Gasteiger partial charge in [-0.2, -0.15) is 0 Å². The zero-order chi connectivity index (χ0) is 23.8. The van der Waals surface area contributed by atoms with Crippen molar-refractivity contribution in [3.8, 4) is 0 Å². The molecule has 3 aromatic carbocycles. The predicted octanol–water partition coefficient (Wildman–Crippen LogP) is 7.21. The second-order valence-corrected chi connectivity index (χ2v) is 9.21. The summed E-state index contributed by atoms with van der Waals surface area (Å²) in [5.41, 5.74) is 5.24. The van der Waals surface area contributed by atoms with E-state index in [1.54, 1.807) is 12.1 Å². The summed E-state index contributed by atoms with van der Waals surface area (Å²) in [5, 5.41) is 21.5. The van der Waals surface area contributed by atoms with Gasteiger partial charge in [0.05, 0.1) is 0 Å². The van der Waals surface area contributed by atoms with Crippen molar-refractivity contribution in [1.82, 2.24) is 0 Å². The van der Waals surface area contributed by atoms with Crippen molar-refractivity contribution in [2.24, 2.45) is 0 Å². The number of hydrogen-bond donors (Lipinski definition) is 2. The van der Waals surface area contributed by atoms with Crippen LogP contribution in [0.15, 0.2) is 95.7 Å². The third-order valence-corrected chi connectivity index (χ3v) is 6.80. The van der Waals surface area contributed by atoms with Gasteiger partial charge in [0, 0.05) is 45.5 Å². The number of anilines is 1. The molecule has 4 nitrogen and oxygen atoms in total. The minimum absolute atomic E-state index is 0.0100. The van der Waals surface area contributed by atoms with Crippen molar-refractivity contribution in [3.63, 3.8) is 0 Å². The van der Waals surface area contributed by atoms with E-state index in [1.807, 2.05) is 78.6 Å². The summed E-state index contributed by atoms with van der Waals surface area (Å²) in [5.74, 6) is -0.300. The van der Waals surface area contributed by atoms with Gasteiger partial charge in [-0.3, -0.25) is 15.1 Å². The van der Waals surface area contributed by atoms with E-state index in [9.17, 15) is 15.3 Å². The number of nitrogens with zero attached hydrogens (tertiary/aromatic N) is 1. The molecule has 0 saturated heterocycles. The second kappa shape index (κ2) is 8.96. The van der Waals surface area contributed by atoms with E-state index in [0.29, 0.717) is 34.6 Å². The molecular formula is C29H25ClN2O2. The first-order chi connectivity index (χ1) is 16.5. The van der Waals surface area contributed by atoms with Crippen LogP contribution in [-0.2, 0) is 4.79 Å². The quantitative estimate of drug-likeness (QED) is 0.399. The van der Waals surface area contributed by atoms with Crippen LogP contribution in [0.4, 0.5) is 5.69 Å². The number of Topliss-reactive ketones (excluding diaryl/α,β-unsaturated/α-hetero) is 1. The average molecular weight is 469 g/mol. The maximum Gasteiger partial charge on any atom is 0.161 e.